The summed E-state index contributed by atoms with van der Waals surface area (Å²) in [5.74, 6) is -3.77. The van der Waals surface area contributed by atoms with Crippen LogP contribution in [0.4, 0.5) is 0 Å². The summed E-state index contributed by atoms with van der Waals surface area (Å²) in [4.78, 5) is 69.2. The van der Waals surface area contributed by atoms with E-state index in [2.05, 4.69) is 15.6 Å². The van der Waals surface area contributed by atoms with E-state index in [9.17, 15) is 24.0 Å². The van der Waals surface area contributed by atoms with Crippen LogP contribution in [0.15, 0.2) is 60.8 Å². The van der Waals surface area contributed by atoms with E-state index in [0.29, 0.717) is 0 Å². The Morgan fingerprint density at radius 3 is 2.42 bits per heavy atom. The maximum atomic E-state index is 13.7. The summed E-state index contributed by atoms with van der Waals surface area (Å²) >= 11 is 0. The Kier molecular flexibility index (Phi) is 8.08. The molecule has 1 fully saturated rings. The average molecular weight is 547 g/mol. The largest absolute Gasteiger partial charge is 0.460 e. The molecule has 1 aromatic heterocycles. The Morgan fingerprint density at radius 1 is 1.07 bits per heavy atom. The third kappa shape index (κ3) is 6.39. The Bertz CT molecular complexity index is 1440. The number of benzene rings is 2. The van der Waals surface area contributed by atoms with E-state index in [0.717, 1.165) is 22.0 Å². The maximum absolute atomic E-state index is 13.7. The van der Waals surface area contributed by atoms with Gasteiger partial charge in [-0.2, -0.15) is 0 Å². The van der Waals surface area contributed by atoms with Crippen LogP contribution in [0.5, 0.6) is 0 Å². The predicted octanol–water partition coefficient (Wildman–Crippen LogP) is 2.10. The number of aromatic nitrogens is 1. The van der Waals surface area contributed by atoms with Crippen LogP contribution in [-0.2, 0) is 41.6 Å². The lowest BCUT2D eigenvalue weighted by molar-refractivity contribution is -0.166. The van der Waals surface area contributed by atoms with Gasteiger partial charge < -0.3 is 26.1 Å². The monoisotopic (exact) mass is 546 g/mol. The zero-order valence-corrected chi connectivity index (χ0v) is 22.8. The van der Waals surface area contributed by atoms with Gasteiger partial charge in [0, 0.05) is 36.4 Å². The fourth-order valence-corrected chi connectivity index (χ4v) is 4.96. The number of esters is 1. The maximum Gasteiger partial charge on any atom is 0.307 e. The minimum atomic E-state index is -2.11. The van der Waals surface area contributed by atoms with Crippen LogP contribution in [-0.4, -0.2) is 52.1 Å². The van der Waals surface area contributed by atoms with Crippen molar-refractivity contribution >= 4 is 40.4 Å². The lowest BCUT2D eigenvalue weighted by atomic mass is 9.73. The van der Waals surface area contributed by atoms with E-state index in [1.165, 1.54) is 0 Å². The highest BCUT2D eigenvalue weighted by atomic mass is 16.6. The molecule has 2 aromatic carbocycles. The molecule has 10 heteroatoms. The van der Waals surface area contributed by atoms with Crippen LogP contribution in [0, 0.1) is 5.41 Å². The molecule has 4 rings (SSSR count). The molecule has 2 heterocycles. The number of piperidine rings is 1. The molecule has 5 N–H and O–H groups in total. The van der Waals surface area contributed by atoms with Gasteiger partial charge in [-0.05, 0) is 38.0 Å². The molecule has 40 heavy (non-hydrogen) atoms. The molecule has 1 saturated heterocycles. The van der Waals surface area contributed by atoms with E-state index in [1.807, 2.05) is 30.3 Å². The highest BCUT2D eigenvalue weighted by molar-refractivity contribution is 6.14. The highest BCUT2D eigenvalue weighted by Crippen LogP contribution is 2.35. The summed E-state index contributed by atoms with van der Waals surface area (Å²) in [6.07, 6.45) is 0.846. The molecule has 0 spiro atoms. The number of H-pyrrole nitrogens is 1. The van der Waals surface area contributed by atoms with Crippen molar-refractivity contribution in [2.45, 2.75) is 64.1 Å². The zero-order chi connectivity index (χ0) is 29.1. The molecule has 0 unspecified atom stereocenters. The molecule has 0 aliphatic carbocycles. The second kappa shape index (κ2) is 11.3. The van der Waals surface area contributed by atoms with E-state index >= 15 is 0 Å². The van der Waals surface area contributed by atoms with Gasteiger partial charge in [-0.25, -0.2) is 0 Å². The number of hydrogen-bond acceptors (Lipinski definition) is 6. The molecule has 3 amide bonds. The van der Waals surface area contributed by atoms with Crippen molar-refractivity contribution < 1.29 is 28.7 Å². The fraction of sp³-hybridized carbons (Fsp3) is 0.367. The number of primary amides is 1. The van der Waals surface area contributed by atoms with Crippen molar-refractivity contribution in [3.8, 4) is 0 Å². The van der Waals surface area contributed by atoms with Crippen molar-refractivity contribution in [3.63, 3.8) is 0 Å². The van der Waals surface area contributed by atoms with Crippen LogP contribution >= 0.6 is 0 Å². The van der Waals surface area contributed by atoms with Gasteiger partial charge in [0.05, 0.1) is 12.5 Å². The quantitative estimate of drug-likeness (QED) is 0.237. The molecule has 0 radical (unpaired) electrons. The average Bonchev–Trinajstić information content (AvgIpc) is 3.28. The molecular weight excluding hydrogens is 512 g/mol. The third-order valence-electron chi connectivity index (χ3n) is 6.94. The Morgan fingerprint density at radius 2 is 1.75 bits per heavy atom. The summed E-state index contributed by atoms with van der Waals surface area (Å²) in [5.41, 5.74) is 5.04. The van der Waals surface area contributed by atoms with Crippen molar-refractivity contribution in [1.82, 2.24) is 15.6 Å². The van der Waals surface area contributed by atoms with Gasteiger partial charge in [0.25, 0.3) is 0 Å². The standard InChI is InChI=1S/C30H34N4O6/c1-29(2,3)40-25(36)16-30(28(39)34-23(26(31)37)13-18-9-5-4-6-10-18)15-24(35)22(33-27(30)38)14-19-17-32-21-12-8-7-11-20(19)21/h4-12,17,22-23,32H,13-16H2,1-3H3,(H2,31,37)(H,33,38)(H,34,39)/t22-,23-,30+/m0/s1. The van der Waals surface area contributed by atoms with Crippen LogP contribution in [0.1, 0.15) is 44.7 Å². The Hall–Kier alpha value is -4.47. The summed E-state index contributed by atoms with van der Waals surface area (Å²) in [5, 5.41) is 6.13. The number of carbonyl (C=O) groups is 5. The van der Waals surface area contributed by atoms with Gasteiger partial charge in [0.2, 0.25) is 17.7 Å². The summed E-state index contributed by atoms with van der Waals surface area (Å²) in [6, 6.07) is 14.4. The molecule has 1 aliphatic rings. The van der Waals surface area contributed by atoms with E-state index in [1.54, 1.807) is 51.2 Å². The molecule has 210 valence electrons. The zero-order valence-electron chi connectivity index (χ0n) is 22.8. The predicted molar refractivity (Wildman–Crippen MR) is 148 cm³/mol. The number of carbonyl (C=O) groups excluding carboxylic acids is 5. The molecular formula is C30H34N4O6. The van der Waals surface area contributed by atoms with E-state index in [-0.39, 0.29) is 12.8 Å². The summed E-state index contributed by atoms with van der Waals surface area (Å²) in [7, 11) is 0. The second-order valence-electron chi connectivity index (χ2n) is 11.2. The molecule has 3 aromatic rings. The minimum absolute atomic E-state index is 0.0726. The molecule has 1 aliphatic heterocycles. The van der Waals surface area contributed by atoms with Gasteiger partial charge in [-0.1, -0.05) is 48.5 Å². The Balaban J connectivity index is 1.60. The first-order valence-electron chi connectivity index (χ1n) is 13.1. The number of nitrogens with two attached hydrogens (primary N) is 1. The number of ether oxygens (including phenoxy) is 1. The summed E-state index contributed by atoms with van der Waals surface area (Å²) < 4.78 is 5.40. The van der Waals surface area contributed by atoms with Crippen LogP contribution in [0.25, 0.3) is 10.9 Å². The minimum Gasteiger partial charge on any atom is -0.460 e. The molecule has 0 saturated carbocycles. The first kappa shape index (κ1) is 28.5. The van der Waals surface area contributed by atoms with Gasteiger partial charge >= 0.3 is 5.97 Å². The number of fused-ring (bicyclic) bond motifs is 1. The number of hydrogen-bond donors (Lipinski definition) is 4. The first-order valence-corrected chi connectivity index (χ1v) is 13.1. The molecule has 3 atom stereocenters. The lowest BCUT2D eigenvalue weighted by Gasteiger charge is -2.38. The fourth-order valence-electron chi connectivity index (χ4n) is 4.96. The van der Waals surface area contributed by atoms with Crippen LogP contribution in [0.3, 0.4) is 0 Å². The highest BCUT2D eigenvalue weighted by Gasteiger charge is 2.54. The second-order valence-corrected chi connectivity index (χ2v) is 11.2. The van der Waals surface area contributed by atoms with Gasteiger partial charge in [0.1, 0.15) is 17.1 Å². The SMILES string of the molecule is CC(C)(C)OC(=O)C[C@]1(C(=O)N[C@@H](Cc2ccccc2)C(N)=O)CC(=O)[C@H](Cc2c[nH]c3ccccc23)NC1=O. The third-order valence-corrected chi connectivity index (χ3v) is 6.94. The number of amides is 3. The number of aromatic amines is 1. The number of Topliss-reactive ketones (excluding diaryl/α,β-unsaturated/α-hetero) is 1. The number of ketones is 1. The number of nitrogens with one attached hydrogen (secondary N) is 3. The number of rotatable bonds is 9. The molecule has 10 nitrogen and oxygen atoms in total. The van der Waals surface area contributed by atoms with Gasteiger partial charge in [-0.15, -0.1) is 0 Å². The normalized spacial score (nSPS) is 20.0. The van der Waals surface area contributed by atoms with Crippen LogP contribution < -0.4 is 16.4 Å². The van der Waals surface area contributed by atoms with Gasteiger partial charge in [0.15, 0.2) is 5.78 Å². The molecule has 0 bridgehead atoms. The van der Waals surface area contributed by atoms with Crippen LogP contribution in [0.2, 0.25) is 0 Å². The Labute approximate surface area is 232 Å². The van der Waals surface area contributed by atoms with Crippen molar-refractivity contribution in [2.75, 3.05) is 0 Å². The van der Waals surface area contributed by atoms with E-state index in [4.69, 9.17) is 10.5 Å². The van der Waals surface area contributed by atoms with Crippen molar-refractivity contribution in [3.05, 3.63) is 71.9 Å². The lowest BCUT2D eigenvalue weighted by Crippen LogP contribution is -2.64. The van der Waals surface area contributed by atoms with Gasteiger partial charge in [-0.3, -0.25) is 24.0 Å². The smallest absolute Gasteiger partial charge is 0.307 e. The first-order chi connectivity index (χ1) is 18.9. The van der Waals surface area contributed by atoms with E-state index < -0.39 is 65.4 Å². The number of para-hydroxylation sites is 1. The van der Waals surface area contributed by atoms with Crippen molar-refractivity contribution in [2.24, 2.45) is 11.1 Å². The summed E-state index contributed by atoms with van der Waals surface area (Å²) in [6.45, 7) is 4.97. The van der Waals surface area contributed by atoms with Crippen molar-refractivity contribution in [1.29, 1.82) is 0 Å². The topological polar surface area (TPSA) is 160 Å².